The molecule has 1 aliphatic heterocycles. The van der Waals surface area contributed by atoms with Gasteiger partial charge in [-0.15, -0.1) is 21.5 Å². The number of benzene rings is 1. The number of aliphatic carboxylic acids is 1. The third-order valence-corrected chi connectivity index (χ3v) is 7.17. The molecule has 2 aromatic rings. The Labute approximate surface area is 194 Å². The Morgan fingerprint density at radius 2 is 1.97 bits per heavy atom. The van der Waals surface area contributed by atoms with E-state index in [9.17, 15) is 23.1 Å². The fourth-order valence-corrected chi connectivity index (χ4v) is 5.13. The first kappa shape index (κ1) is 25.0. The first-order valence-electron chi connectivity index (χ1n) is 10.1. The SMILES string of the molecule is NC(C(=O)Cc1nnc(CCCN[C@@H]2N=CCN2)s1)C(NS(=O)(=O)c1ccccc1)C(=O)O. The summed E-state index contributed by atoms with van der Waals surface area (Å²) in [4.78, 5) is 28.3. The first-order chi connectivity index (χ1) is 15.8. The quantitative estimate of drug-likeness (QED) is 0.213. The minimum absolute atomic E-state index is 0.0735. The smallest absolute Gasteiger partial charge is 0.323 e. The number of aromatic nitrogens is 2. The molecule has 1 aromatic carbocycles. The number of aliphatic imine (C=N–C) groups is 1. The summed E-state index contributed by atoms with van der Waals surface area (Å²) in [5.41, 5.74) is 5.83. The summed E-state index contributed by atoms with van der Waals surface area (Å²) in [6, 6.07) is 3.81. The molecule has 1 aliphatic rings. The molecule has 2 heterocycles. The number of nitrogens with one attached hydrogen (secondary N) is 3. The molecule has 0 saturated carbocycles. The van der Waals surface area contributed by atoms with Gasteiger partial charge in [0, 0.05) is 19.2 Å². The highest BCUT2D eigenvalue weighted by Gasteiger charge is 2.35. The van der Waals surface area contributed by atoms with Crippen LogP contribution in [0.1, 0.15) is 16.4 Å². The molecule has 6 N–H and O–H groups in total. The van der Waals surface area contributed by atoms with E-state index in [2.05, 4.69) is 25.8 Å². The van der Waals surface area contributed by atoms with Crippen molar-refractivity contribution >= 4 is 39.3 Å². The number of carbonyl (C=O) groups excluding carboxylic acids is 1. The fraction of sp³-hybridized carbons (Fsp3) is 0.421. The number of sulfonamides is 1. The lowest BCUT2D eigenvalue weighted by molar-refractivity contribution is -0.141. The summed E-state index contributed by atoms with van der Waals surface area (Å²) in [7, 11) is -4.18. The van der Waals surface area contributed by atoms with Crippen LogP contribution in [0, 0.1) is 0 Å². The Hall–Kier alpha value is -2.62. The van der Waals surface area contributed by atoms with Crippen LogP contribution in [0.25, 0.3) is 0 Å². The number of ketones is 1. The predicted octanol–water partition coefficient (Wildman–Crippen LogP) is -1.11. The van der Waals surface area contributed by atoms with Gasteiger partial charge in [0.15, 0.2) is 12.1 Å². The average molecular weight is 496 g/mol. The Morgan fingerprint density at radius 3 is 2.64 bits per heavy atom. The maximum atomic E-state index is 12.6. The van der Waals surface area contributed by atoms with Crippen LogP contribution < -0.4 is 21.1 Å². The van der Waals surface area contributed by atoms with Crippen molar-refractivity contribution in [2.45, 2.75) is 42.5 Å². The van der Waals surface area contributed by atoms with Crippen molar-refractivity contribution in [1.82, 2.24) is 25.6 Å². The van der Waals surface area contributed by atoms with Crippen molar-refractivity contribution in [3.05, 3.63) is 40.3 Å². The fourth-order valence-electron chi connectivity index (χ4n) is 3.00. The molecule has 178 valence electrons. The minimum Gasteiger partial charge on any atom is -0.480 e. The van der Waals surface area contributed by atoms with E-state index in [1.54, 1.807) is 12.3 Å². The normalized spacial score (nSPS) is 17.7. The second-order valence-corrected chi connectivity index (χ2v) is 10.1. The number of nitrogens with zero attached hydrogens (tertiary/aromatic N) is 3. The zero-order chi connectivity index (χ0) is 23.8. The van der Waals surface area contributed by atoms with Gasteiger partial charge in [-0.25, -0.2) is 8.42 Å². The van der Waals surface area contributed by atoms with E-state index in [1.165, 1.54) is 35.6 Å². The summed E-state index contributed by atoms with van der Waals surface area (Å²) in [6.07, 6.45) is 2.93. The van der Waals surface area contributed by atoms with Crippen LogP contribution in [0.2, 0.25) is 0 Å². The van der Waals surface area contributed by atoms with Gasteiger partial charge in [-0.05, 0) is 25.1 Å². The lowest BCUT2D eigenvalue weighted by atomic mass is 10.0. The van der Waals surface area contributed by atoms with Gasteiger partial charge in [-0.1, -0.05) is 18.2 Å². The standard InChI is InChI=1S/C19H25N7O5S2/c20-16(17(18(28)29)26-33(30,31)12-5-2-1-3-6-12)13(27)11-15-25-24-14(32-15)7-4-8-21-19-22-9-10-23-19/h1-3,5-6,9,16-17,19,21,23,26H,4,7-8,10-11,20H2,(H,28,29)/t16?,17?,19-/m1/s1. The molecule has 0 aliphatic carbocycles. The molecule has 3 atom stereocenters. The van der Waals surface area contributed by atoms with Crippen LogP contribution >= 0.6 is 11.3 Å². The van der Waals surface area contributed by atoms with Gasteiger partial charge in [0.1, 0.15) is 16.1 Å². The number of hydrogen-bond acceptors (Lipinski definition) is 11. The Kier molecular flexibility index (Phi) is 8.71. The number of aryl methyl sites for hydroxylation is 1. The summed E-state index contributed by atoms with van der Waals surface area (Å²) in [5, 5.41) is 25.0. The van der Waals surface area contributed by atoms with Crippen LogP contribution in [0.5, 0.6) is 0 Å². The largest absolute Gasteiger partial charge is 0.480 e. The molecule has 0 radical (unpaired) electrons. The third kappa shape index (κ3) is 7.18. The summed E-state index contributed by atoms with van der Waals surface area (Å²) < 4.78 is 26.9. The molecule has 3 rings (SSSR count). The van der Waals surface area contributed by atoms with Crippen molar-refractivity contribution in [1.29, 1.82) is 0 Å². The highest BCUT2D eigenvalue weighted by molar-refractivity contribution is 7.89. The van der Waals surface area contributed by atoms with E-state index in [0.717, 1.165) is 24.5 Å². The number of hydrogen-bond donors (Lipinski definition) is 5. The van der Waals surface area contributed by atoms with Crippen molar-refractivity contribution < 1.29 is 23.1 Å². The Bertz CT molecular complexity index is 1090. The van der Waals surface area contributed by atoms with E-state index >= 15 is 0 Å². The zero-order valence-electron chi connectivity index (χ0n) is 17.5. The maximum Gasteiger partial charge on any atom is 0.323 e. The third-order valence-electron chi connectivity index (χ3n) is 4.73. The molecule has 1 aromatic heterocycles. The van der Waals surface area contributed by atoms with Crippen LogP contribution in [0.15, 0.2) is 40.2 Å². The lowest BCUT2D eigenvalue weighted by Crippen LogP contribution is -2.56. The van der Waals surface area contributed by atoms with Gasteiger partial charge in [0.25, 0.3) is 0 Å². The highest BCUT2D eigenvalue weighted by atomic mass is 32.2. The molecular formula is C19H25N7O5S2. The lowest BCUT2D eigenvalue weighted by Gasteiger charge is -2.20. The number of nitrogens with two attached hydrogens (primary N) is 1. The van der Waals surface area contributed by atoms with E-state index in [0.29, 0.717) is 11.4 Å². The van der Waals surface area contributed by atoms with Crippen molar-refractivity contribution in [3.8, 4) is 0 Å². The van der Waals surface area contributed by atoms with Gasteiger partial charge < -0.3 is 10.8 Å². The van der Waals surface area contributed by atoms with E-state index in [4.69, 9.17) is 5.73 Å². The van der Waals surface area contributed by atoms with Crippen LogP contribution in [0.3, 0.4) is 0 Å². The van der Waals surface area contributed by atoms with Gasteiger partial charge in [0.05, 0.1) is 17.4 Å². The molecular weight excluding hydrogens is 470 g/mol. The number of carbonyl (C=O) groups is 2. The molecule has 0 fully saturated rings. The van der Waals surface area contributed by atoms with Gasteiger partial charge in [-0.3, -0.25) is 25.2 Å². The van der Waals surface area contributed by atoms with E-state index in [-0.39, 0.29) is 17.6 Å². The summed E-state index contributed by atoms with van der Waals surface area (Å²) in [5.74, 6) is -2.21. The summed E-state index contributed by atoms with van der Waals surface area (Å²) in [6.45, 7) is 1.46. The second-order valence-electron chi connectivity index (χ2n) is 7.21. The predicted molar refractivity (Wildman–Crippen MR) is 121 cm³/mol. The van der Waals surface area contributed by atoms with E-state index < -0.39 is 33.9 Å². The van der Waals surface area contributed by atoms with Crippen molar-refractivity contribution in [2.75, 3.05) is 13.1 Å². The van der Waals surface area contributed by atoms with Crippen LogP contribution in [0.4, 0.5) is 0 Å². The molecule has 0 saturated heterocycles. The second kappa shape index (κ2) is 11.5. The zero-order valence-corrected chi connectivity index (χ0v) is 19.2. The Balaban J connectivity index is 1.53. The minimum atomic E-state index is -4.18. The first-order valence-corrected chi connectivity index (χ1v) is 12.4. The highest BCUT2D eigenvalue weighted by Crippen LogP contribution is 2.14. The van der Waals surface area contributed by atoms with E-state index in [1.807, 2.05) is 4.72 Å². The van der Waals surface area contributed by atoms with Gasteiger partial charge >= 0.3 is 5.97 Å². The molecule has 0 spiro atoms. The van der Waals surface area contributed by atoms with Gasteiger partial charge in [-0.2, -0.15) is 4.72 Å². The average Bonchev–Trinajstić information content (AvgIpc) is 3.47. The molecule has 14 heteroatoms. The topological polar surface area (TPSA) is 189 Å². The maximum absolute atomic E-state index is 12.6. The molecule has 33 heavy (non-hydrogen) atoms. The molecule has 12 nitrogen and oxygen atoms in total. The Morgan fingerprint density at radius 1 is 1.24 bits per heavy atom. The van der Waals surface area contributed by atoms with Crippen molar-refractivity contribution in [2.24, 2.45) is 10.7 Å². The number of rotatable bonds is 13. The van der Waals surface area contributed by atoms with Crippen molar-refractivity contribution in [3.63, 3.8) is 0 Å². The summed E-state index contributed by atoms with van der Waals surface area (Å²) >= 11 is 1.23. The van der Waals surface area contributed by atoms with Crippen LogP contribution in [-0.4, -0.2) is 73.2 Å². The number of carboxylic acid groups (broad SMARTS) is 1. The number of Topliss-reactive ketones (excluding diaryl/α,β-unsaturated/α-hetero) is 1. The molecule has 2 unspecified atom stereocenters. The van der Waals surface area contributed by atoms with Gasteiger partial charge in [0.2, 0.25) is 10.0 Å². The number of carboxylic acids is 1. The molecule has 0 bridgehead atoms. The molecule has 0 amide bonds. The monoisotopic (exact) mass is 495 g/mol. The van der Waals surface area contributed by atoms with Crippen LogP contribution in [-0.2, 0) is 32.5 Å².